The summed E-state index contributed by atoms with van der Waals surface area (Å²) in [5.74, 6) is 2.30. The number of aryl methyl sites for hydroxylation is 2. The van der Waals surface area contributed by atoms with Crippen LogP contribution < -0.4 is 0 Å². The molecule has 1 aliphatic carbocycles. The van der Waals surface area contributed by atoms with Crippen LogP contribution >= 0.6 is 0 Å². The molecule has 1 unspecified atom stereocenters. The van der Waals surface area contributed by atoms with Gasteiger partial charge in [-0.2, -0.15) is 0 Å². The van der Waals surface area contributed by atoms with Crippen LogP contribution in [0.2, 0.25) is 0 Å². The molecule has 4 rings (SSSR count). The Morgan fingerprint density at radius 1 is 1.14 bits per heavy atom. The summed E-state index contributed by atoms with van der Waals surface area (Å²) < 4.78 is 6.04. The molecule has 0 amide bonds. The van der Waals surface area contributed by atoms with E-state index in [0.29, 0.717) is 5.92 Å². The van der Waals surface area contributed by atoms with E-state index in [-0.39, 0.29) is 0 Å². The van der Waals surface area contributed by atoms with Gasteiger partial charge in [0.2, 0.25) is 5.89 Å². The van der Waals surface area contributed by atoms with Gasteiger partial charge in [-0.05, 0) is 43.4 Å². The predicted octanol–water partition coefficient (Wildman–Crippen LogP) is 4.32. The van der Waals surface area contributed by atoms with Crippen molar-refractivity contribution in [3.05, 3.63) is 71.4 Å². The smallest absolute Gasteiger partial charge is 0.226 e. The highest BCUT2D eigenvalue weighted by Crippen LogP contribution is 2.35. The van der Waals surface area contributed by atoms with Crippen LogP contribution in [0.1, 0.15) is 34.9 Å². The lowest BCUT2D eigenvalue weighted by atomic mass is 9.84. The Morgan fingerprint density at radius 3 is 2.82 bits per heavy atom. The highest BCUT2D eigenvalue weighted by Gasteiger charge is 2.25. The first-order chi connectivity index (χ1) is 10.8. The lowest BCUT2D eigenvalue weighted by Crippen LogP contribution is -2.11. The predicted molar refractivity (Wildman–Crippen MR) is 85.7 cm³/mol. The fourth-order valence-electron chi connectivity index (χ4n) is 3.20. The molecule has 1 aromatic carbocycles. The third-order valence-corrected chi connectivity index (χ3v) is 4.38. The molecule has 110 valence electrons. The minimum absolute atomic E-state index is 0.533. The maximum atomic E-state index is 6.04. The number of rotatable bonds is 2. The van der Waals surface area contributed by atoms with E-state index in [4.69, 9.17) is 4.42 Å². The van der Waals surface area contributed by atoms with E-state index in [9.17, 15) is 0 Å². The molecule has 0 bridgehead atoms. The average molecular weight is 290 g/mol. The minimum Gasteiger partial charge on any atom is -0.441 e. The first-order valence-corrected chi connectivity index (χ1v) is 7.75. The van der Waals surface area contributed by atoms with Gasteiger partial charge in [0.25, 0.3) is 0 Å². The molecule has 0 fully saturated rings. The topological polar surface area (TPSA) is 38.9 Å². The second-order valence-electron chi connectivity index (χ2n) is 5.98. The van der Waals surface area contributed by atoms with E-state index in [0.717, 1.165) is 42.2 Å². The Hall–Kier alpha value is -2.42. The van der Waals surface area contributed by atoms with Crippen molar-refractivity contribution in [1.82, 2.24) is 9.97 Å². The summed E-state index contributed by atoms with van der Waals surface area (Å²) in [7, 11) is 0. The van der Waals surface area contributed by atoms with Crippen LogP contribution in [0.3, 0.4) is 0 Å². The number of nitrogens with zero attached hydrogens (tertiary/aromatic N) is 2. The Bertz CT molecular complexity index is 792. The van der Waals surface area contributed by atoms with Gasteiger partial charge in [0.15, 0.2) is 0 Å². The van der Waals surface area contributed by atoms with E-state index in [1.165, 1.54) is 11.1 Å². The molecule has 22 heavy (non-hydrogen) atoms. The van der Waals surface area contributed by atoms with Gasteiger partial charge in [-0.25, -0.2) is 4.98 Å². The van der Waals surface area contributed by atoms with Gasteiger partial charge in [0.05, 0.1) is 5.69 Å². The van der Waals surface area contributed by atoms with Crippen molar-refractivity contribution in [2.75, 3.05) is 0 Å². The van der Waals surface area contributed by atoms with E-state index < -0.39 is 0 Å². The van der Waals surface area contributed by atoms with Crippen LogP contribution in [-0.4, -0.2) is 9.97 Å². The highest BCUT2D eigenvalue weighted by molar-refractivity contribution is 5.52. The molecule has 0 saturated heterocycles. The molecule has 3 aromatic rings. The Morgan fingerprint density at radius 2 is 2.00 bits per heavy atom. The van der Waals surface area contributed by atoms with Gasteiger partial charge in [0, 0.05) is 24.4 Å². The number of hydrogen-bond acceptors (Lipinski definition) is 3. The SMILES string of the molecule is Cc1cccc(C2CCc3nc(-c4ccncc4)oc3C2)c1. The van der Waals surface area contributed by atoms with Gasteiger partial charge in [-0.15, -0.1) is 0 Å². The molecule has 0 N–H and O–H groups in total. The standard InChI is InChI=1S/C19H18N2O/c1-13-3-2-4-15(11-13)16-5-6-17-18(12-16)22-19(21-17)14-7-9-20-10-8-14/h2-4,7-11,16H,5-6,12H2,1H3. The second kappa shape index (κ2) is 5.41. The lowest BCUT2D eigenvalue weighted by Gasteiger charge is -2.20. The van der Waals surface area contributed by atoms with Crippen molar-refractivity contribution in [3.63, 3.8) is 0 Å². The number of aromatic nitrogens is 2. The van der Waals surface area contributed by atoms with Crippen molar-refractivity contribution in [2.24, 2.45) is 0 Å². The van der Waals surface area contributed by atoms with Crippen LogP contribution in [0.15, 0.2) is 53.2 Å². The zero-order valence-corrected chi connectivity index (χ0v) is 12.6. The third-order valence-electron chi connectivity index (χ3n) is 4.38. The molecule has 1 atom stereocenters. The van der Waals surface area contributed by atoms with Crippen molar-refractivity contribution in [1.29, 1.82) is 0 Å². The van der Waals surface area contributed by atoms with E-state index in [2.05, 4.69) is 41.2 Å². The third kappa shape index (κ3) is 2.43. The fourth-order valence-corrected chi connectivity index (χ4v) is 3.20. The number of oxazole rings is 1. The number of benzene rings is 1. The monoisotopic (exact) mass is 290 g/mol. The summed E-state index contributed by atoms with van der Waals surface area (Å²) in [6.07, 6.45) is 6.61. The Balaban J connectivity index is 1.63. The zero-order valence-electron chi connectivity index (χ0n) is 12.6. The maximum absolute atomic E-state index is 6.04. The quantitative estimate of drug-likeness (QED) is 0.705. The van der Waals surface area contributed by atoms with Crippen molar-refractivity contribution >= 4 is 0 Å². The summed E-state index contributed by atoms with van der Waals surface area (Å²) in [6.45, 7) is 2.15. The van der Waals surface area contributed by atoms with E-state index >= 15 is 0 Å². The van der Waals surface area contributed by atoms with E-state index in [1.807, 2.05) is 12.1 Å². The van der Waals surface area contributed by atoms with Crippen molar-refractivity contribution in [3.8, 4) is 11.5 Å². The molecule has 0 spiro atoms. The highest BCUT2D eigenvalue weighted by atomic mass is 16.4. The molecular weight excluding hydrogens is 272 g/mol. The largest absolute Gasteiger partial charge is 0.441 e. The number of pyridine rings is 1. The summed E-state index contributed by atoms with van der Waals surface area (Å²) in [6, 6.07) is 12.7. The first kappa shape index (κ1) is 13.3. The summed E-state index contributed by atoms with van der Waals surface area (Å²) >= 11 is 0. The number of hydrogen-bond donors (Lipinski definition) is 0. The van der Waals surface area contributed by atoms with Crippen LogP contribution in [0.25, 0.3) is 11.5 Å². The molecule has 0 radical (unpaired) electrons. The van der Waals surface area contributed by atoms with E-state index in [1.54, 1.807) is 12.4 Å². The fraction of sp³-hybridized carbons (Fsp3) is 0.263. The Kier molecular flexibility index (Phi) is 3.26. The van der Waals surface area contributed by atoms with Gasteiger partial charge < -0.3 is 4.42 Å². The van der Waals surface area contributed by atoms with Crippen LogP contribution in [-0.2, 0) is 12.8 Å². The van der Waals surface area contributed by atoms with Crippen LogP contribution in [0.5, 0.6) is 0 Å². The number of fused-ring (bicyclic) bond motifs is 1. The molecule has 3 heteroatoms. The molecule has 2 heterocycles. The lowest BCUT2D eigenvalue weighted by molar-refractivity contribution is 0.458. The van der Waals surface area contributed by atoms with Crippen LogP contribution in [0, 0.1) is 6.92 Å². The van der Waals surface area contributed by atoms with Gasteiger partial charge >= 0.3 is 0 Å². The summed E-state index contributed by atoms with van der Waals surface area (Å²) in [4.78, 5) is 8.72. The summed E-state index contributed by atoms with van der Waals surface area (Å²) in [5, 5.41) is 0. The molecule has 0 saturated carbocycles. The van der Waals surface area contributed by atoms with Crippen molar-refractivity contribution < 1.29 is 4.42 Å². The van der Waals surface area contributed by atoms with Gasteiger partial charge in [-0.3, -0.25) is 4.98 Å². The molecule has 0 aliphatic heterocycles. The van der Waals surface area contributed by atoms with Gasteiger partial charge in [-0.1, -0.05) is 29.8 Å². The first-order valence-electron chi connectivity index (χ1n) is 7.75. The maximum Gasteiger partial charge on any atom is 0.226 e. The van der Waals surface area contributed by atoms with Crippen molar-refractivity contribution in [2.45, 2.75) is 32.1 Å². The minimum atomic E-state index is 0.533. The Labute approximate surface area is 130 Å². The normalized spacial score (nSPS) is 17.2. The zero-order chi connectivity index (χ0) is 14.9. The average Bonchev–Trinajstić information content (AvgIpc) is 2.99. The summed E-state index contributed by atoms with van der Waals surface area (Å²) in [5.41, 5.74) is 4.85. The van der Waals surface area contributed by atoms with Gasteiger partial charge in [0.1, 0.15) is 5.76 Å². The second-order valence-corrected chi connectivity index (χ2v) is 5.98. The van der Waals surface area contributed by atoms with Crippen LogP contribution in [0.4, 0.5) is 0 Å². The molecule has 2 aromatic heterocycles. The molecule has 3 nitrogen and oxygen atoms in total. The molecule has 1 aliphatic rings. The molecular formula is C19H18N2O.